The number of hydrogen-bond donors (Lipinski definition) is 0. The zero-order valence-corrected chi connectivity index (χ0v) is 11.4. The molecule has 2 aromatic rings. The Hall–Kier alpha value is -0.0900. The Balaban J connectivity index is 2.68. The van der Waals surface area contributed by atoms with Crippen LogP contribution in [0.1, 0.15) is 25.0 Å². The van der Waals surface area contributed by atoms with Crippen LogP contribution in [-0.2, 0) is 12.8 Å². The van der Waals surface area contributed by atoms with Crippen molar-refractivity contribution in [2.45, 2.75) is 26.7 Å². The molecule has 0 aliphatic carbocycles. The van der Waals surface area contributed by atoms with Gasteiger partial charge >= 0.3 is 0 Å². The predicted molar refractivity (Wildman–Crippen MR) is 73.3 cm³/mol. The highest BCUT2D eigenvalue weighted by Gasteiger charge is 2.04. The van der Waals surface area contributed by atoms with Gasteiger partial charge in [0.15, 0.2) is 0 Å². The van der Waals surface area contributed by atoms with Crippen molar-refractivity contribution >= 4 is 44.0 Å². The SMILES string of the molecule is CCc1cc2cc(I)sc2cc1CC. The normalized spacial score (nSPS) is 11.1. The van der Waals surface area contributed by atoms with Crippen molar-refractivity contribution in [1.82, 2.24) is 0 Å². The Kier molecular flexibility index (Phi) is 3.12. The van der Waals surface area contributed by atoms with Crippen molar-refractivity contribution in [3.8, 4) is 0 Å². The van der Waals surface area contributed by atoms with E-state index in [9.17, 15) is 0 Å². The zero-order chi connectivity index (χ0) is 10.1. The van der Waals surface area contributed by atoms with Crippen LogP contribution in [0.25, 0.3) is 10.1 Å². The maximum Gasteiger partial charge on any atom is 0.0666 e. The van der Waals surface area contributed by atoms with E-state index >= 15 is 0 Å². The molecular formula is C12H13IS. The van der Waals surface area contributed by atoms with E-state index < -0.39 is 0 Å². The lowest BCUT2D eigenvalue weighted by atomic mass is 10.0. The predicted octanol–water partition coefficient (Wildman–Crippen LogP) is 4.63. The van der Waals surface area contributed by atoms with Crippen LogP contribution in [0.4, 0.5) is 0 Å². The molecule has 0 bridgehead atoms. The summed E-state index contributed by atoms with van der Waals surface area (Å²) in [5.74, 6) is 0. The molecule has 0 N–H and O–H groups in total. The quantitative estimate of drug-likeness (QED) is 0.709. The molecule has 0 fully saturated rings. The Bertz CT molecular complexity index is 416. The number of benzene rings is 1. The highest BCUT2D eigenvalue weighted by atomic mass is 127. The summed E-state index contributed by atoms with van der Waals surface area (Å²) < 4.78 is 2.82. The van der Waals surface area contributed by atoms with Crippen LogP contribution in [0.3, 0.4) is 0 Å². The van der Waals surface area contributed by atoms with Gasteiger partial charge in [-0.1, -0.05) is 19.9 Å². The third-order valence-electron chi connectivity index (χ3n) is 2.57. The first kappa shape index (κ1) is 10.4. The van der Waals surface area contributed by atoms with E-state index in [1.807, 2.05) is 11.3 Å². The first-order valence-corrected chi connectivity index (χ1v) is 6.85. The van der Waals surface area contributed by atoms with E-state index in [4.69, 9.17) is 0 Å². The molecule has 1 aromatic heterocycles. The second kappa shape index (κ2) is 4.19. The fourth-order valence-corrected chi connectivity index (χ4v) is 3.68. The maximum atomic E-state index is 2.40. The number of hydrogen-bond acceptors (Lipinski definition) is 1. The Morgan fingerprint density at radius 2 is 1.71 bits per heavy atom. The van der Waals surface area contributed by atoms with Crippen LogP contribution in [-0.4, -0.2) is 0 Å². The molecule has 74 valence electrons. The van der Waals surface area contributed by atoms with E-state index in [1.165, 1.54) is 24.1 Å². The minimum absolute atomic E-state index is 1.14. The second-order valence-corrected chi connectivity index (χ2v) is 6.39. The third kappa shape index (κ3) is 1.82. The molecule has 0 saturated carbocycles. The van der Waals surface area contributed by atoms with E-state index in [2.05, 4.69) is 54.6 Å². The summed E-state index contributed by atoms with van der Waals surface area (Å²) in [6, 6.07) is 6.99. The number of thiophene rings is 1. The lowest BCUT2D eigenvalue weighted by Crippen LogP contribution is -1.89. The molecule has 14 heavy (non-hydrogen) atoms. The molecule has 0 amide bonds. The summed E-state index contributed by atoms with van der Waals surface area (Å²) in [5, 5.41) is 1.41. The topological polar surface area (TPSA) is 0 Å². The fraction of sp³-hybridized carbons (Fsp3) is 0.333. The molecule has 0 aliphatic rings. The highest BCUT2D eigenvalue weighted by Crippen LogP contribution is 2.29. The molecule has 0 spiro atoms. The van der Waals surface area contributed by atoms with Gasteiger partial charge in [0.1, 0.15) is 0 Å². The first-order valence-electron chi connectivity index (χ1n) is 4.95. The monoisotopic (exact) mass is 316 g/mol. The van der Waals surface area contributed by atoms with Crippen LogP contribution in [0.15, 0.2) is 18.2 Å². The molecule has 0 aliphatic heterocycles. The van der Waals surface area contributed by atoms with E-state index in [0.717, 1.165) is 12.8 Å². The summed E-state index contributed by atoms with van der Waals surface area (Å²) in [6.07, 6.45) is 2.29. The lowest BCUT2D eigenvalue weighted by Gasteiger charge is -2.05. The smallest absolute Gasteiger partial charge is 0.0666 e. The summed E-state index contributed by atoms with van der Waals surface area (Å²) in [7, 11) is 0. The van der Waals surface area contributed by atoms with Gasteiger partial charge in [0.25, 0.3) is 0 Å². The Labute approximate surface area is 102 Å². The van der Waals surface area contributed by atoms with Gasteiger partial charge in [0, 0.05) is 4.70 Å². The van der Waals surface area contributed by atoms with Crippen molar-refractivity contribution < 1.29 is 0 Å². The number of aryl methyl sites for hydroxylation is 2. The van der Waals surface area contributed by atoms with Gasteiger partial charge in [-0.15, -0.1) is 11.3 Å². The molecule has 0 radical (unpaired) electrons. The molecule has 0 unspecified atom stereocenters. The van der Waals surface area contributed by atoms with Crippen LogP contribution in [0.5, 0.6) is 0 Å². The molecule has 2 heteroatoms. The molecule has 0 nitrogen and oxygen atoms in total. The van der Waals surface area contributed by atoms with Gasteiger partial charge in [0.2, 0.25) is 0 Å². The van der Waals surface area contributed by atoms with Crippen molar-refractivity contribution in [3.05, 3.63) is 32.2 Å². The van der Waals surface area contributed by atoms with Crippen molar-refractivity contribution in [2.75, 3.05) is 0 Å². The maximum absolute atomic E-state index is 2.40. The van der Waals surface area contributed by atoms with Crippen LogP contribution in [0.2, 0.25) is 0 Å². The molecule has 0 atom stereocenters. The van der Waals surface area contributed by atoms with Gasteiger partial charge < -0.3 is 0 Å². The average molecular weight is 316 g/mol. The van der Waals surface area contributed by atoms with Gasteiger partial charge in [0.05, 0.1) is 2.88 Å². The summed E-state index contributed by atoms with van der Waals surface area (Å²) >= 11 is 4.29. The number of fused-ring (bicyclic) bond motifs is 1. The minimum atomic E-state index is 1.14. The molecule has 1 aromatic carbocycles. The molecular weight excluding hydrogens is 303 g/mol. The third-order valence-corrected chi connectivity index (χ3v) is 4.43. The molecule has 0 saturated heterocycles. The van der Waals surface area contributed by atoms with Crippen molar-refractivity contribution in [2.24, 2.45) is 0 Å². The van der Waals surface area contributed by atoms with Crippen LogP contribution < -0.4 is 0 Å². The van der Waals surface area contributed by atoms with Crippen molar-refractivity contribution in [3.63, 3.8) is 0 Å². The van der Waals surface area contributed by atoms with Gasteiger partial charge in [-0.3, -0.25) is 0 Å². The van der Waals surface area contributed by atoms with E-state index in [0.29, 0.717) is 0 Å². The molecule has 1 heterocycles. The number of rotatable bonds is 2. The average Bonchev–Trinajstić information content (AvgIpc) is 2.54. The van der Waals surface area contributed by atoms with Gasteiger partial charge in [-0.05, 0) is 64.1 Å². The number of halogens is 1. The minimum Gasteiger partial charge on any atom is -0.129 e. The Morgan fingerprint density at radius 1 is 1.07 bits per heavy atom. The van der Waals surface area contributed by atoms with E-state index in [1.54, 1.807) is 0 Å². The molecule has 2 rings (SSSR count). The zero-order valence-electron chi connectivity index (χ0n) is 8.43. The standard InChI is InChI=1S/C12H13IS/c1-3-8-5-10-7-12(13)14-11(10)6-9(8)4-2/h5-7H,3-4H2,1-2H3. The Morgan fingerprint density at radius 3 is 2.36 bits per heavy atom. The fourth-order valence-electron chi connectivity index (χ4n) is 1.80. The van der Waals surface area contributed by atoms with Crippen LogP contribution in [0, 0.1) is 2.88 Å². The van der Waals surface area contributed by atoms with Gasteiger partial charge in [-0.2, -0.15) is 0 Å². The highest BCUT2D eigenvalue weighted by molar-refractivity contribution is 14.1. The van der Waals surface area contributed by atoms with Crippen LogP contribution >= 0.6 is 33.9 Å². The summed E-state index contributed by atoms with van der Waals surface area (Å²) in [5.41, 5.74) is 3.02. The largest absolute Gasteiger partial charge is 0.129 e. The van der Waals surface area contributed by atoms with Gasteiger partial charge in [-0.25, -0.2) is 0 Å². The second-order valence-electron chi connectivity index (χ2n) is 3.42. The summed E-state index contributed by atoms with van der Waals surface area (Å²) in [6.45, 7) is 4.47. The first-order chi connectivity index (χ1) is 6.74. The van der Waals surface area contributed by atoms with E-state index in [-0.39, 0.29) is 0 Å². The summed E-state index contributed by atoms with van der Waals surface area (Å²) in [4.78, 5) is 0. The lowest BCUT2D eigenvalue weighted by molar-refractivity contribution is 1.04. The van der Waals surface area contributed by atoms with Crippen molar-refractivity contribution in [1.29, 1.82) is 0 Å².